The summed E-state index contributed by atoms with van der Waals surface area (Å²) in [5.74, 6) is 0.282. The predicted octanol–water partition coefficient (Wildman–Crippen LogP) is 6.03. The van der Waals surface area contributed by atoms with E-state index in [-0.39, 0.29) is 17.9 Å². The van der Waals surface area contributed by atoms with E-state index in [4.69, 9.17) is 4.74 Å². The Labute approximate surface area is 236 Å². The zero-order valence-corrected chi connectivity index (χ0v) is 22.8. The molecule has 204 valence electrons. The Morgan fingerprint density at radius 2 is 1.25 bits per heavy atom. The fourth-order valence-corrected chi connectivity index (χ4v) is 5.22. The molecule has 1 aliphatic rings. The SMILES string of the molecule is CCC(Oc1ccccc1)C(=O)Nc1ccccc1C(=O)N1CCN(C(c2ccccc2)c2ccccc2)CC1. The average Bonchev–Trinajstić information content (AvgIpc) is 3.02. The number of amides is 2. The molecule has 1 unspecified atom stereocenters. The fourth-order valence-electron chi connectivity index (χ4n) is 5.22. The molecule has 6 heteroatoms. The number of anilines is 1. The molecule has 1 saturated heterocycles. The number of piperazine rings is 1. The summed E-state index contributed by atoms with van der Waals surface area (Å²) in [5.41, 5.74) is 3.47. The molecular formula is C34H35N3O3. The van der Waals surface area contributed by atoms with Gasteiger partial charge in [0.2, 0.25) is 0 Å². The summed E-state index contributed by atoms with van der Waals surface area (Å²) >= 11 is 0. The molecule has 5 rings (SSSR count). The highest BCUT2D eigenvalue weighted by Gasteiger charge is 2.30. The van der Waals surface area contributed by atoms with E-state index in [1.165, 1.54) is 11.1 Å². The number of nitrogens with zero attached hydrogens (tertiary/aromatic N) is 2. The molecule has 0 radical (unpaired) electrons. The fraction of sp³-hybridized carbons (Fsp3) is 0.235. The van der Waals surface area contributed by atoms with Crippen molar-refractivity contribution in [2.24, 2.45) is 0 Å². The molecule has 0 spiro atoms. The molecule has 1 fully saturated rings. The summed E-state index contributed by atoms with van der Waals surface area (Å²) in [6, 6.07) is 37.7. The molecule has 40 heavy (non-hydrogen) atoms. The maximum absolute atomic E-state index is 13.7. The van der Waals surface area contributed by atoms with Gasteiger partial charge in [-0.15, -0.1) is 0 Å². The number of nitrogens with one attached hydrogen (secondary N) is 1. The van der Waals surface area contributed by atoms with Crippen molar-refractivity contribution >= 4 is 17.5 Å². The van der Waals surface area contributed by atoms with Crippen LogP contribution in [0.4, 0.5) is 5.69 Å². The lowest BCUT2D eigenvalue weighted by Gasteiger charge is -2.40. The highest BCUT2D eigenvalue weighted by molar-refractivity contribution is 6.04. The van der Waals surface area contributed by atoms with Crippen molar-refractivity contribution in [3.8, 4) is 5.75 Å². The van der Waals surface area contributed by atoms with Gasteiger partial charge in [-0.2, -0.15) is 0 Å². The summed E-state index contributed by atoms with van der Waals surface area (Å²) in [7, 11) is 0. The number of carbonyl (C=O) groups is 2. The van der Waals surface area contributed by atoms with E-state index in [0.29, 0.717) is 36.5 Å². The second kappa shape index (κ2) is 13.1. The third-order valence-electron chi connectivity index (χ3n) is 7.30. The van der Waals surface area contributed by atoms with Crippen LogP contribution in [0.15, 0.2) is 115 Å². The van der Waals surface area contributed by atoms with E-state index < -0.39 is 6.10 Å². The van der Waals surface area contributed by atoms with E-state index in [1.807, 2.05) is 66.4 Å². The van der Waals surface area contributed by atoms with Gasteiger partial charge >= 0.3 is 0 Å². The summed E-state index contributed by atoms with van der Waals surface area (Å²) in [6.45, 7) is 4.61. The molecule has 4 aromatic carbocycles. The third kappa shape index (κ3) is 6.41. The number of carbonyl (C=O) groups excluding carboxylic acids is 2. The van der Waals surface area contributed by atoms with Gasteiger partial charge in [0.15, 0.2) is 6.10 Å². The van der Waals surface area contributed by atoms with Gasteiger partial charge in [0, 0.05) is 26.2 Å². The molecule has 1 N–H and O–H groups in total. The van der Waals surface area contributed by atoms with E-state index in [2.05, 4.69) is 58.7 Å². The second-order valence-electron chi connectivity index (χ2n) is 9.91. The number of ether oxygens (including phenoxy) is 1. The minimum atomic E-state index is -0.665. The first-order valence-corrected chi connectivity index (χ1v) is 13.9. The number of hydrogen-bond donors (Lipinski definition) is 1. The van der Waals surface area contributed by atoms with Crippen molar-refractivity contribution in [3.05, 3.63) is 132 Å². The Balaban J connectivity index is 1.27. The molecule has 0 bridgehead atoms. The van der Waals surface area contributed by atoms with Gasteiger partial charge in [0.25, 0.3) is 11.8 Å². The Morgan fingerprint density at radius 1 is 0.725 bits per heavy atom. The van der Waals surface area contributed by atoms with Crippen molar-refractivity contribution in [3.63, 3.8) is 0 Å². The Hall–Kier alpha value is -4.42. The van der Waals surface area contributed by atoms with Crippen LogP contribution in [0.5, 0.6) is 5.75 Å². The Bertz CT molecular complexity index is 1350. The normalized spacial score (nSPS) is 14.5. The van der Waals surface area contributed by atoms with Crippen molar-refractivity contribution in [1.29, 1.82) is 0 Å². The first kappa shape index (κ1) is 27.2. The molecule has 1 atom stereocenters. The lowest BCUT2D eigenvalue weighted by atomic mass is 9.96. The number of benzene rings is 4. The molecule has 2 amide bonds. The lowest BCUT2D eigenvalue weighted by Crippen LogP contribution is -2.50. The van der Waals surface area contributed by atoms with Crippen LogP contribution >= 0.6 is 0 Å². The van der Waals surface area contributed by atoms with Crippen molar-refractivity contribution in [2.75, 3.05) is 31.5 Å². The average molecular weight is 534 g/mol. The second-order valence-corrected chi connectivity index (χ2v) is 9.91. The largest absolute Gasteiger partial charge is 0.481 e. The third-order valence-corrected chi connectivity index (χ3v) is 7.30. The number of hydrogen-bond acceptors (Lipinski definition) is 4. The van der Waals surface area contributed by atoms with Crippen LogP contribution in [0.1, 0.15) is 40.9 Å². The predicted molar refractivity (Wildman–Crippen MR) is 158 cm³/mol. The van der Waals surface area contributed by atoms with Crippen LogP contribution in [-0.2, 0) is 4.79 Å². The van der Waals surface area contributed by atoms with Crippen LogP contribution in [0.3, 0.4) is 0 Å². The van der Waals surface area contributed by atoms with Crippen LogP contribution in [0, 0.1) is 0 Å². The van der Waals surface area contributed by atoms with Crippen molar-refractivity contribution in [1.82, 2.24) is 9.80 Å². The van der Waals surface area contributed by atoms with E-state index >= 15 is 0 Å². The smallest absolute Gasteiger partial charge is 0.265 e. The monoisotopic (exact) mass is 533 g/mol. The maximum atomic E-state index is 13.7. The minimum Gasteiger partial charge on any atom is -0.481 e. The van der Waals surface area contributed by atoms with E-state index in [9.17, 15) is 9.59 Å². The molecule has 0 aromatic heterocycles. The molecule has 6 nitrogen and oxygen atoms in total. The topological polar surface area (TPSA) is 61.9 Å². The molecule has 1 aliphatic heterocycles. The molecule has 0 saturated carbocycles. The van der Waals surface area contributed by atoms with E-state index in [0.717, 1.165) is 13.1 Å². The standard InChI is InChI=1S/C34H35N3O3/c1-2-31(40-28-18-10-5-11-19-28)33(38)35-30-21-13-12-20-29(30)34(39)37-24-22-36(23-25-37)32(26-14-6-3-7-15-26)27-16-8-4-9-17-27/h3-21,31-32H,2,22-25H2,1H3,(H,35,38). The minimum absolute atomic E-state index is 0.0800. The first-order valence-electron chi connectivity index (χ1n) is 13.9. The Kier molecular flexibility index (Phi) is 8.89. The van der Waals surface area contributed by atoms with Gasteiger partial charge in [0.1, 0.15) is 5.75 Å². The Morgan fingerprint density at radius 3 is 1.82 bits per heavy atom. The highest BCUT2D eigenvalue weighted by Crippen LogP contribution is 2.30. The molecule has 4 aromatic rings. The maximum Gasteiger partial charge on any atom is 0.265 e. The van der Waals surface area contributed by atoms with Gasteiger partial charge in [-0.1, -0.05) is 97.9 Å². The zero-order chi connectivity index (χ0) is 27.7. The first-order chi connectivity index (χ1) is 19.6. The number of rotatable bonds is 9. The van der Waals surface area contributed by atoms with Gasteiger partial charge < -0.3 is 15.0 Å². The van der Waals surface area contributed by atoms with Gasteiger partial charge in [0.05, 0.1) is 17.3 Å². The quantitative estimate of drug-likeness (QED) is 0.285. The summed E-state index contributed by atoms with van der Waals surface area (Å²) < 4.78 is 5.91. The van der Waals surface area contributed by atoms with Crippen molar-refractivity contribution in [2.45, 2.75) is 25.5 Å². The summed E-state index contributed by atoms with van der Waals surface area (Å²) in [6.07, 6.45) is -0.162. The number of para-hydroxylation sites is 2. The summed E-state index contributed by atoms with van der Waals surface area (Å²) in [5, 5.41) is 2.95. The van der Waals surface area contributed by atoms with E-state index in [1.54, 1.807) is 12.1 Å². The van der Waals surface area contributed by atoms with Gasteiger partial charge in [-0.25, -0.2) is 0 Å². The molecule has 0 aliphatic carbocycles. The van der Waals surface area contributed by atoms with Crippen LogP contribution in [0.2, 0.25) is 0 Å². The molecule has 1 heterocycles. The van der Waals surface area contributed by atoms with Gasteiger partial charge in [-0.3, -0.25) is 14.5 Å². The van der Waals surface area contributed by atoms with Crippen LogP contribution < -0.4 is 10.1 Å². The summed E-state index contributed by atoms with van der Waals surface area (Å²) in [4.78, 5) is 31.1. The van der Waals surface area contributed by atoms with Gasteiger partial charge in [-0.05, 0) is 41.8 Å². The molecular weight excluding hydrogens is 498 g/mol. The van der Waals surface area contributed by atoms with Crippen molar-refractivity contribution < 1.29 is 14.3 Å². The lowest BCUT2D eigenvalue weighted by molar-refractivity contribution is -0.122. The van der Waals surface area contributed by atoms with Crippen LogP contribution in [-0.4, -0.2) is 53.9 Å². The zero-order valence-electron chi connectivity index (χ0n) is 22.8. The van der Waals surface area contributed by atoms with Crippen LogP contribution in [0.25, 0.3) is 0 Å². The highest BCUT2D eigenvalue weighted by atomic mass is 16.5.